The fourth-order valence-corrected chi connectivity index (χ4v) is 0.494. The molecule has 5 heavy (non-hydrogen) atoms. The summed E-state index contributed by atoms with van der Waals surface area (Å²) in [6, 6.07) is 0. The zero-order valence-electron chi connectivity index (χ0n) is 2.62. The van der Waals surface area contributed by atoms with Gasteiger partial charge < -0.3 is 0 Å². The maximum Gasteiger partial charge on any atom is 0.114 e. The lowest BCUT2D eigenvalue weighted by atomic mass is 10.9. The Hall–Kier alpha value is 0.410. The van der Waals surface area contributed by atoms with Gasteiger partial charge in [0, 0.05) is 4.83 Å². The molecule has 1 fully saturated rings. The summed E-state index contributed by atoms with van der Waals surface area (Å²) in [6.07, 6.45) is 0.190. The van der Waals surface area contributed by atoms with Crippen LogP contribution >= 0.6 is 15.9 Å². The van der Waals surface area contributed by atoms with Crippen molar-refractivity contribution in [3.63, 3.8) is 0 Å². The molecular weight excluding hydrogens is 135 g/mol. The highest BCUT2D eigenvalue weighted by molar-refractivity contribution is 9.09. The van der Waals surface area contributed by atoms with Crippen LogP contribution in [0.4, 0.5) is 4.39 Å². The van der Waals surface area contributed by atoms with Crippen LogP contribution in [0.3, 0.4) is 0 Å². The lowest BCUT2D eigenvalue weighted by Gasteiger charge is -1.61. The van der Waals surface area contributed by atoms with Gasteiger partial charge in [-0.05, 0) is 6.42 Å². The van der Waals surface area contributed by atoms with Gasteiger partial charge >= 0.3 is 0 Å². The van der Waals surface area contributed by atoms with Crippen molar-refractivity contribution in [2.45, 2.75) is 17.4 Å². The highest BCUT2D eigenvalue weighted by Crippen LogP contribution is 2.32. The molecule has 0 radical (unpaired) electrons. The van der Waals surface area contributed by atoms with E-state index in [1.165, 1.54) is 0 Å². The number of halogens is 2. The van der Waals surface area contributed by atoms with Crippen LogP contribution in [-0.4, -0.2) is 11.0 Å². The lowest BCUT2D eigenvalue weighted by Crippen LogP contribution is -1.65. The molecule has 1 aliphatic rings. The van der Waals surface area contributed by atoms with Gasteiger partial charge in [-0.15, -0.1) is 0 Å². The quantitative estimate of drug-likeness (QED) is 0.446. The van der Waals surface area contributed by atoms with Crippen LogP contribution in [-0.2, 0) is 0 Å². The predicted molar refractivity (Wildman–Crippen MR) is 22.2 cm³/mol. The molecule has 0 aromatic rings. The summed E-state index contributed by atoms with van der Waals surface area (Å²) in [7, 11) is 0. The van der Waals surface area contributed by atoms with Crippen LogP contribution < -0.4 is 0 Å². The van der Waals surface area contributed by atoms with Gasteiger partial charge in [-0.1, -0.05) is 15.9 Å². The Balaban J connectivity index is 2.20. The second kappa shape index (κ2) is 0.934. The molecule has 2 atom stereocenters. The molecule has 0 aliphatic heterocycles. The Morgan fingerprint density at radius 1 is 1.80 bits per heavy atom. The minimum absolute atomic E-state index is 0.197. The SMILES string of the molecule is F[C@H]1C[C@@H]1Br. The molecule has 0 N–H and O–H groups in total. The molecule has 0 bridgehead atoms. The molecule has 1 aliphatic carbocycles. The highest BCUT2D eigenvalue weighted by Gasteiger charge is 2.34. The van der Waals surface area contributed by atoms with E-state index < -0.39 is 6.17 Å². The third-order valence-electron chi connectivity index (χ3n) is 0.640. The van der Waals surface area contributed by atoms with E-state index in [-0.39, 0.29) is 4.83 Å². The van der Waals surface area contributed by atoms with E-state index in [0.29, 0.717) is 0 Å². The third kappa shape index (κ3) is 0.623. The van der Waals surface area contributed by atoms with Gasteiger partial charge in [0.1, 0.15) is 6.17 Å². The van der Waals surface area contributed by atoms with Crippen LogP contribution in [0.25, 0.3) is 0 Å². The molecule has 0 saturated heterocycles. The highest BCUT2D eigenvalue weighted by atomic mass is 79.9. The number of rotatable bonds is 0. The molecule has 0 amide bonds. The van der Waals surface area contributed by atoms with Gasteiger partial charge in [0.15, 0.2) is 0 Å². The van der Waals surface area contributed by atoms with Crippen molar-refractivity contribution in [1.82, 2.24) is 0 Å². The first kappa shape index (κ1) is 3.59. The van der Waals surface area contributed by atoms with E-state index in [9.17, 15) is 4.39 Å². The van der Waals surface area contributed by atoms with Crippen LogP contribution in [0.1, 0.15) is 6.42 Å². The lowest BCUT2D eigenvalue weighted by molar-refractivity contribution is 0.483. The van der Waals surface area contributed by atoms with Crippen molar-refractivity contribution < 1.29 is 4.39 Å². The maximum atomic E-state index is 11.5. The van der Waals surface area contributed by atoms with Gasteiger partial charge in [0.05, 0.1) is 0 Å². The second-order valence-corrected chi connectivity index (χ2v) is 2.44. The standard InChI is InChI=1S/C3H4BrF/c4-2-1-3(2)5/h2-3H,1H2/t2-,3-/m0/s1. The first-order chi connectivity index (χ1) is 2.30. The van der Waals surface area contributed by atoms with Crippen LogP contribution in [0.5, 0.6) is 0 Å². The average Bonchev–Trinajstić information content (AvgIpc) is 1.79. The van der Waals surface area contributed by atoms with E-state index in [2.05, 4.69) is 15.9 Å². The van der Waals surface area contributed by atoms with E-state index in [4.69, 9.17) is 0 Å². The Kier molecular flexibility index (Phi) is 0.671. The minimum Gasteiger partial charge on any atom is -0.246 e. The van der Waals surface area contributed by atoms with Crippen molar-refractivity contribution in [1.29, 1.82) is 0 Å². The van der Waals surface area contributed by atoms with Gasteiger partial charge in [-0.25, -0.2) is 4.39 Å². The molecule has 0 spiro atoms. The van der Waals surface area contributed by atoms with Crippen molar-refractivity contribution >= 4 is 15.9 Å². The summed E-state index contributed by atoms with van der Waals surface area (Å²) in [4.78, 5) is 0.197. The average molecular weight is 139 g/mol. The molecule has 1 saturated carbocycles. The van der Waals surface area contributed by atoms with E-state index in [0.717, 1.165) is 6.42 Å². The van der Waals surface area contributed by atoms with E-state index in [1.807, 2.05) is 0 Å². The van der Waals surface area contributed by atoms with E-state index >= 15 is 0 Å². The molecule has 1 rings (SSSR count). The molecule has 0 aromatic carbocycles. The van der Waals surface area contributed by atoms with Crippen LogP contribution in [0, 0.1) is 0 Å². The molecule has 0 unspecified atom stereocenters. The largest absolute Gasteiger partial charge is 0.246 e. The third-order valence-corrected chi connectivity index (χ3v) is 1.59. The monoisotopic (exact) mass is 138 g/mol. The second-order valence-electron chi connectivity index (χ2n) is 1.27. The fraction of sp³-hybridized carbons (Fsp3) is 1.00. The Morgan fingerprint density at radius 3 is 2.00 bits per heavy atom. The van der Waals surface area contributed by atoms with Gasteiger partial charge in [-0.2, -0.15) is 0 Å². The van der Waals surface area contributed by atoms with Gasteiger partial charge in [0.2, 0.25) is 0 Å². The number of hydrogen-bond acceptors (Lipinski definition) is 0. The van der Waals surface area contributed by atoms with Crippen molar-refractivity contribution in [3.05, 3.63) is 0 Å². The zero-order chi connectivity index (χ0) is 3.86. The zero-order valence-corrected chi connectivity index (χ0v) is 4.20. The summed E-state index contributed by atoms with van der Waals surface area (Å²) in [6.45, 7) is 0. The smallest absolute Gasteiger partial charge is 0.114 e. The Morgan fingerprint density at radius 2 is 2.00 bits per heavy atom. The van der Waals surface area contributed by atoms with Crippen LogP contribution in [0.2, 0.25) is 0 Å². The first-order valence-corrected chi connectivity index (χ1v) is 2.50. The van der Waals surface area contributed by atoms with E-state index in [1.54, 1.807) is 0 Å². The summed E-state index contributed by atoms with van der Waals surface area (Å²) in [5.41, 5.74) is 0. The summed E-state index contributed by atoms with van der Waals surface area (Å²) >= 11 is 3.07. The molecule has 30 valence electrons. The van der Waals surface area contributed by atoms with Crippen molar-refractivity contribution in [3.8, 4) is 0 Å². The molecule has 2 heteroatoms. The van der Waals surface area contributed by atoms with Crippen molar-refractivity contribution in [2.24, 2.45) is 0 Å². The predicted octanol–water partition coefficient (Wildman–Crippen LogP) is 1.49. The minimum atomic E-state index is -0.532. The topological polar surface area (TPSA) is 0 Å². The van der Waals surface area contributed by atoms with Gasteiger partial charge in [-0.3, -0.25) is 0 Å². The maximum absolute atomic E-state index is 11.5. The van der Waals surface area contributed by atoms with Crippen molar-refractivity contribution in [2.75, 3.05) is 0 Å². The summed E-state index contributed by atoms with van der Waals surface area (Å²) in [5.74, 6) is 0. The van der Waals surface area contributed by atoms with Crippen LogP contribution in [0.15, 0.2) is 0 Å². The molecular formula is C3H4BrF. The Labute approximate surface area is 38.5 Å². The number of alkyl halides is 2. The molecule has 0 nitrogen and oxygen atoms in total. The van der Waals surface area contributed by atoms with Gasteiger partial charge in [0.25, 0.3) is 0 Å². The Bertz CT molecular complexity index is 40.2. The molecule has 0 heterocycles. The summed E-state index contributed by atoms with van der Waals surface area (Å²) < 4.78 is 11.5. The fourth-order valence-electron chi connectivity index (χ4n) is 0.137. The summed E-state index contributed by atoms with van der Waals surface area (Å²) in [5, 5.41) is 0. The molecule has 0 aromatic heterocycles. The first-order valence-electron chi connectivity index (χ1n) is 1.59. The number of hydrogen-bond donors (Lipinski definition) is 0. The normalized spacial score (nSPS) is 49.2.